The normalized spacial score (nSPS) is 11.1. The van der Waals surface area contributed by atoms with Crippen molar-refractivity contribution >= 4 is 34.7 Å². The number of para-hydroxylation sites is 1. The maximum Gasteiger partial charge on any atom is 0.257 e. The highest BCUT2D eigenvalue weighted by Gasteiger charge is 2.15. The Morgan fingerprint density at radius 2 is 1.94 bits per heavy atom. The Hall–Kier alpha value is -3.98. The molecule has 0 bridgehead atoms. The smallest absolute Gasteiger partial charge is 0.257 e. The van der Waals surface area contributed by atoms with Crippen molar-refractivity contribution < 1.29 is 19.5 Å². The van der Waals surface area contributed by atoms with Gasteiger partial charge in [-0.25, -0.2) is 0 Å². The van der Waals surface area contributed by atoms with Crippen molar-refractivity contribution in [3.8, 4) is 11.5 Å². The molecule has 0 atom stereocenters. The minimum atomic E-state index is -0.378. The molecular formula is C24H26ClN5O4. The van der Waals surface area contributed by atoms with Crippen molar-refractivity contribution in [1.29, 1.82) is 0 Å². The van der Waals surface area contributed by atoms with E-state index >= 15 is 0 Å². The summed E-state index contributed by atoms with van der Waals surface area (Å²) in [6.45, 7) is 5.24. The molecule has 0 aliphatic rings. The monoisotopic (exact) mass is 483 g/mol. The minimum absolute atomic E-state index is 0.126. The number of rotatable bonds is 10. The molecule has 1 aromatic heterocycles. The van der Waals surface area contributed by atoms with Crippen molar-refractivity contribution in [3.05, 3.63) is 76.6 Å². The molecule has 0 radical (unpaired) electrons. The Labute approximate surface area is 202 Å². The number of carbonyl (C=O) groups excluding carboxylic acids is 1. The van der Waals surface area contributed by atoms with E-state index in [1.54, 1.807) is 24.3 Å². The first kappa shape index (κ1) is 24.7. The van der Waals surface area contributed by atoms with Gasteiger partial charge in [-0.15, -0.1) is 0 Å². The number of anilines is 2. The highest BCUT2D eigenvalue weighted by molar-refractivity contribution is 6.31. The number of halogens is 1. The Balaban J connectivity index is 1.80. The maximum atomic E-state index is 13.0. The molecular weight excluding hydrogens is 458 g/mol. The number of pyridine rings is 1. The Kier molecular flexibility index (Phi) is 8.53. The predicted molar refractivity (Wildman–Crippen MR) is 132 cm³/mol. The molecule has 0 fully saturated rings. The second-order valence-electron chi connectivity index (χ2n) is 7.03. The number of nitrogens with one attached hydrogen (secondary N) is 2. The number of amides is 1. The third-order valence-electron chi connectivity index (χ3n) is 4.74. The molecule has 9 nitrogen and oxygen atoms in total. The molecule has 1 heterocycles. The molecule has 0 spiro atoms. The number of amidine groups is 1. The minimum Gasteiger partial charge on any atom is -0.490 e. The zero-order valence-corrected chi connectivity index (χ0v) is 19.6. The second kappa shape index (κ2) is 11.8. The first-order valence-corrected chi connectivity index (χ1v) is 11.0. The van der Waals surface area contributed by atoms with Gasteiger partial charge in [-0.3, -0.25) is 9.78 Å². The van der Waals surface area contributed by atoms with Gasteiger partial charge in [0.15, 0.2) is 17.3 Å². The van der Waals surface area contributed by atoms with Crippen molar-refractivity contribution in [2.24, 2.45) is 10.9 Å². The van der Waals surface area contributed by atoms with Crippen molar-refractivity contribution in [1.82, 2.24) is 4.98 Å². The molecule has 0 unspecified atom stereocenters. The van der Waals surface area contributed by atoms with Gasteiger partial charge in [0.25, 0.3) is 5.91 Å². The number of nitrogens with two attached hydrogens (primary N) is 1. The summed E-state index contributed by atoms with van der Waals surface area (Å²) in [6, 6.07) is 13.8. The Morgan fingerprint density at radius 1 is 1.15 bits per heavy atom. The van der Waals surface area contributed by atoms with E-state index in [-0.39, 0.29) is 17.4 Å². The number of nitrogens with zero attached hydrogens (tertiary/aromatic N) is 2. The van der Waals surface area contributed by atoms with E-state index in [9.17, 15) is 4.79 Å². The van der Waals surface area contributed by atoms with Crippen molar-refractivity contribution in [2.45, 2.75) is 20.4 Å². The van der Waals surface area contributed by atoms with Crippen LogP contribution in [-0.2, 0) is 6.54 Å². The van der Waals surface area contributed by atoms with Crippen LogP contribution >= 0.6 is 11.6 Å². The first-order chi connectivity index (χ1) is 16.5. The molecule has 178 valence electrons. The summed E-state index contributed by atoms with van der Waals surface area (Å²) >= 11 is 6.17. The second-order valence-corrected chi connectivity index (χ2v) is 7.46. The SMILES string of the molecule is CCOc1cccc(CNc2ccc(Cl)cc2C(=O)Nc2ccc(/C(N)=N/O)nc2)c1OCC. The maximum absolute atomic E-state index is 13.0. The molecule has 0 saturated carbocycles. The van der Waals surface area contributed by atoms with Crippen LogP contribution in [0.3, 0.4) is 0 Å². The molecule has 10 heteroatoms. The van der Waals surface area contributed by atoms with Crippen LogP contribution in [0.2, 0.25) is 5.02 Å². The van der Waals surface area contributed by atoms with E-state index in [2.05, 4.69) is 20.8 Å². The molecule has 0 saturated heterocycles. The standard InChI is InChI=1S/C24H26ClN5O4/c1-3-33-21-7-5-6-15(22(21)34-4-2)13-27-19-10-8-16(25)12-18(19)24(31)29-17-9-11-20(28-14-17)23(26)30-32/h5-12,14,27,32H,3-4,13H2,1-2H3,(H2,26,30)(H,29,31). The van der Waals surface area contributed by atoms with Gasteiger partial charge >= 0.3 is 0 Å². The Bertz CT molecular complexity index is 1170. The van der Waals surface area contributed by atoms with E-state index in [1.807, 2.05) is 32.0 Å². The fraction of sp³-hybridized carbons (Fsp3) is 0.208. The molecule has 3 aromatic rings. The average Bonchev–Trinajstić information content (AvgIpc) is 2.85. The lowest BCUT2D eigenvalue weighted by atomic mass is 10.1. The van der Waals surface area contributed by atoms with Crippen LogP contribution in [0.5, 0.6) is 11.5 Å². The van der Waals surface area contributed by atoms with Gasteiger partial charge < -0.3 is 31.0 Å². The van der Waals surface area contributed by atoms with Gasteiger partial charge in [0.2, 0.25) is 0 Å². The predicted octanol–water partition coefficient (Wildman–Crippen LogP) is 4.49. The van der Waals surface area contributed by atoms with Crippen molar-refractivity contribution in [2.75, 3.05) is 23.8 Å². The van der Waals surface area contributed by atoms with Crippen LogP contribution in [0.15, 0.2) is 59.9 Å². The number of ether oxygens (including phenoxy) is 2. The fourth-order valence-electron chi connectivity index (χ4n) is 3.20. The van der Waals surface area contributed by atoms with E-state index in [1.165, 1.54) is 12.3 Å². The summed E-state index contributed by atoms with van der Waals surface area (Å²) in [6.07, 6.45) is 1.41. The molecule has 5 N–H and O–H groups in total. The summed E-state index contributed by atoms with van der Waals surface area (Å²) in [5.74, 6) is 0.826. The van der Waals surface area contributed by atoms with E-state index in [0.29, 0.717) is 53.2 Å². The van der Waals surface area contributed by atoms with Crippen LogP contribution < -0.4 is 25.8 Å². The van der Waals surface area contributed by atoms with E-state index in [4.69, 9.17) is 32.0 Å². The highest BCUT2D eigenvalue weighted by atomic mass is 35.5. The Morgan fingerprint density at radius 3 is 2.62 bits per heavy atom. The van der Waals surface area contributed by atoms with Gasteiger partial charge in [-0.2, -0.15) is 0 Å². The molecule has 34 heavy (non-hydrogen) atoms. The summed E-state index contributed by atoms with van der Waals surface area (Å²) in [4.78, 5) is 17.1. The summed E-state index contributed by atoms with van der Waals surface area (Å²) in [5, 5.41) is 18.1. The fourth-order valence-corrected chi connectivity index (χ4v) is 3.37. The third kappa shape index (κ3) is 6.08. The van der Waals surface area contributed by atoms with Crippen LogP contribution in [0.25, 0.3) is 0 Å². The zero-order chi connectivity index (χ0) is 24.5. The number of aromatic nitrogens is 1. The molecule has 0 aliphatic carbocycles. The number of hydrogen-bond acceptors (Lipinski definition) is 7. The van der Waals surface area contributed by atoms with E-state index < -0.39 is 0 Å². The molecule has 2 aromatic carbocycles. The summed E-state index contributed by atoms with van der Waals surface area (Å²) in [5.41, 5.74) is 8.07. The zero-order valence-electron chi connectivity index (χ0n) is 18.8. The topological polar surface area (TPSA) is 131 Å². The molecule has 3 rings (SSSR count). The lowest BCUT2D eigenvalue weighted by Crippen LogP contribution is -2.17. The summed E-state index contributed by atoms with van der Waals surface area (Å²) in [7, 11) is 0. The van der Waals surface area contributed by atoms with Crippen molar-refractivity contribution in [3.63, 3.8) is 0 Å². The van der Waals surface area contributed by atoms with Crippen LogP contribution in [0.1, 0.15) is 35.5 Å². The lowest BCUT2D eigenvalue weighted by molar-refractivity contribution is 0.102. The summed E-state index contributed by atoms with van der Waals surface area (Å²) < 4.78 is 11.5. The molecule has 0 aliphatic heterocycles. The van der Waals surface area contributed by atoms with Crippen LogP contribution in [0.4, 0.5) is 11.4 Å². The first-order valence-electron chi connectivity index (χ1n) is 10.6. The average molecular weight is 484 g/mol. The number of benzene rings is 2. The third-order valence-corrected chi connectivity index (χ3v) is 4.97. The van der Waals surface area contributed by atoms with Gasteiger partial charge in [0.1, 0.15) is 5.69 Å². The number of oxime groups is 1. The quantitative estimate of drug-likeness (QED) is 0.144. The number of hydrogen-bond donors (Lipinski definition) is 4. The van der Waals surface area contributed by atoms with Crippen LogP contribution in [-0.4, -0.2) is 35.1 Å². The number of carbonyl (C=O) groups is 1. The van der Waals surface area contributed by atoms with E-state index in [0.717, 1.165) is 5.56 Å². The van der Waals surface area contributed by atoms with Gasteiger partial charge in [0, 0.05) is 22.8 Å². The van der Waals surface area contributed by atoms with Gasteiger partial charge in [-0.05, 0) is 50.2 Å². The van der Waals surface area contributed by atoms with Gasteiger partial charge in [-0.1, -0.05) is 28.9 Å². The largest absolute Gasteiger partial charge is 0.490 e. The highest BCUT2D eigenvalue weighted by Crippen LogP contribution is 2.32. The van der Waals surface area contributed by atoms with Crippen LogP contribution in [0, 0.1) is 0 Å². The van der Waals surface area contributed by atoms with Gasteiger partial charge in [0.05, 0.1) is 30.7 Å². The molecule has 1 amide bonds. The lowest BCUT2D eigenvalue weighted by Gasteiger charge is -2.17.